The molecule has 1 saturated heterocycles. The molecular formula is C44H51ClN6O7S2. The maximum absolute atomic E-state index is 14.9. The predicted molar refractivity (Wildman–Crippen MR) is 233 cm³/mol. The Morgan fingerprint density at radius 3 is 2.62 bits per heavy atom. The van der Waals surface area contributed by atoms with Gasteiger partial charge in [-0.15, -0.1) is 11.3 Å². The molecule has 16 heteroatoms. The van der Waals surface area contributed by atoms with E-state index in [1.807, 2.05) is 54.8 Å². The molecule has 60 heavy (non-hydrogen) atoms. The zero-order valence-electron chi connectivity index (χ0n) is 34.2. The molecular weight excluding hydrogens is 824 g/mol. The van der Waals surface area contributed by atoms with Crippen LogP contribution in [0.3, 0.4) is 0 Å². The van der Waals surface area contributed by atoms with Crippen LogP contribution in [-0.2, 0) is 24.4 Å². The van der Waals surface area contributed by atoms with Crippen molar-refractivity contribution < 1.29 is 32.3 Å². The van der Waals surface area contributed by atoms with E-state index >= 15 is 0 Å². The van der Waals surface area contributed by atoms with E-state index in [2.05, 4.69) is 29.2 Å². The number of aromatic nitrogens is 2. The summed E-state index contributed by atoms with van der Waals surface area (Å²) in [7, 11) is -2.26. The third-order valence-corrected chi connectivity index (χ3v) is 15.0. The molecule has 4 heterocycles. The zero-order chi connectivity index (χ0) is 42.3. The van der Waals surface area contributed by atoms with Gasteiger partial charge in [0.25, 0.3) is 5.91 Å². The molecule has 0 bridgehead atoms. The third-order valence-electron chi connectivity index (χ3n) is 12.0. The smallest absolute Gasteiger partial charge is 0.259 e. The number of nitrogens with one attached hydrogen (secondary N) is 3. The van der Waals surface area contributed by atoms with E-state index in [4.69, 9.17) is 31.0 Å². The van der Waals surface area contributed by atoms with Gasteiger partial charge in [0, 0.05) is 33.8 Å². The first kappa shape index (κ1) is 42.0. The highest BCUT2D eigenvalue weighted by Crippen LogP contribution is 2.46. The van der Waals surface area contributed by atoms with Crippen LogP contribution >= 0.6 is 22.9 Å². The Bertz CT molecular complexity index is 2450. The van der Waals surface area contributed by atoms with Crippen LogP contribution in [-0.4, -0.2) is 83.6 Å². The average molecular weight is 876 g/mol. The molecule has 2 saturated carbocycles. The van der Waals surface area contributed by atoms with E-state index in [-0.39, 0.29) is 31.2 Å². The number of aryl methyl sites for hydroxylation is 1. The van der Waals surface area contributed by atoms with Gasteiger partial charge in [-0.1, -0.05) is 56.5 Å². The van der Waals surface area contributed by atoms with E-state index < -0.39 is 56.7 Å². The summed E-state index contributed by atoms with van der Waals surface area (Å²) in [4.78, 5) is 54.9. The summed E-state index contributed by atoms with van der Waals surface area (Å²) in [5.74, 6) is -0.756. The monoisotopic (exact) mass is 874 g/mol. The average Bonchev–Trinajstić information content (AvgIpc) is 4.09. The van der Waals surface area contributed by atoms with Crippen molar-refractivity contribution in [3.05, 3.63) is 76.3 Å². The second kappa shape index (κ2) is 17.0. The van der Waals surface area contributed by atoms with Gasteiger partial charge >= 0.3 is 0 Å². The number of sulfonamides is 1. The quantitative estimate of drug-likeness (QED) is 0.138. The van der Waals surface area contributed by atoms with E-state index in [0.717, 1.165) is 52.7 Å². The molecule has 4 aliphatic rings. The lowest BCUT2D eigenvalue weighted by Crippen LogP contribution is -2.57. The number of pyridine rings is 1. The fraction of sp³-hybridized carbons (Fsp3) is 0.477. The van der Waals surface area contributed by atoms with Crippen LogP contribution in [0.1, 0.15) is 88.8 Å². The number of fused-ring (bicyclic) bond motifs is 3. The first-order valence-corrected chi connectivity index (χ1v) is 23.5. The molecule has 3 N–H and O–H groups in total. The number of carbonyl (C=O) groups excluding carboxylic acids is 3. The number of carbonyl (C=O) groups is 3. The minimum Gasteiger partial charge on any atom is -0.496 e. The highest BCUT2D eigenvalue weighted by atomic mass is 35.5. The molecule has 4 aromatic rings. The number of benzene rings is 2. The van der Waals surface area contributed by atoms with Gasteiger partial charge in [0.2, 0.25) is 27.7 Å². The molecule has 8 rings (SSSR count). The first-order valence-electron chi connectivity index (χ1n) is 20.7. The van der Waals surface area contributed by atoms with Crippen LogP contribution in [0.4, 0.5) is 5.69 Å². The molecule has 13 nitrogen and oxygen atoms in total. The molecule has 0 unspecified atom stereocenters. The minimum atomic E-state index is -3.89. The molecule has 3 amide bonds. The van der Waals surface area contributed by atoms with Crippen molar-refractivity contribution in [3.8, 4) is 22.3 Å². The van der Waals surface area contributed by atoms with Crippen LogP contribution in [0.15, 0.2) is 60.0 Å². The van der Waals surface area contributed by atoms with Crippen molar-refractivity contribution in [2.45, 2.75) is 113 Å². The maximum Gasteiger partial charge on any atom is 0.259 e. The summed E-state index contributed by atoms with van der Waals surface area (Å²) in [6.07, 6.45) is 8.23. The predicted octanol–water partition coefficient (Wildman–Crippen LogP) is 7.28. The summed E-state index contributed by atoms with van der Waals surface area (Å²) in [5, 5.41) is 10.6. The summed E-state index contributed by atoms with van der Waals surface area (Å²) in [6, 6.07) is 11.2. The third kappa shape index (κ3) is 8.71. The summed E-state index contributed by atoms with van der Waals surface area (Å²) in [6.45, 7) is 6.20. The van der Waals surface area contributed by atoms with Crippen molar-refractivity contribution in [1.82, 2.24) is 24.9 Å². The number of rotatable bonds is 10. The van der Waals surface area contributed by atoms with Crippen LogP contribution < -0.4 is 24.8 Å². The molecule has 2 aromatic heterocycles. The van der Waals surface area contributed by atoms with Crippen molar-refractivity contribution in [2.24, 2.45) is 5.92 Å². The van der Waals surface area contributed by atoms with E-state index in [0.29, 0.717) is 47.3 Å². The van der Waals surface area contributed by atoms with Gasteiger partial charge in [0.1, 0.15) is 40.2 Å². The maximum atomic E-state index is 14.9. The molecule has 0 spiro atoms. The zero-order valence-corrected chi connectivity index (χ0v) is 36.6. The van der Waals surface area contributed by atoms with Crippen molar-refractivity contribution >= 4 is 67.1 Å². The second-order valence-electron chi connectivity index (χ2n) is 16.7. The van der Waals surface area contributed by atoms with Gasteiger partial charge in [0.15, 0.2) is 0 Å². The summed E-state index contributed by atoms with van der Waals surface area (Å²) < 4.78 is 40.7. The lowest BCUT2D eigenvalue weighted by atomic mass is 10.0. The van der Waals surface area contributed by atoms with Crippen LogP contribution in [0.25, 0.3) is 21.5 Å². The Balaban J connectivity index is 1.15. The second-order valence-corrected chi connectivity index (χ2v) is 20.0. The molecule has 2 aromatic carbocycles. The summed E-state index contributed by atoms with van der Waals surface area (Å²) in [5.41, 5.74) is 1.67. The number of ether oxygens (including phenoxy) is 2. The highest BCUT2D eigenvalue weighted by molar-refractivity contribution is 7.91. The molecule has 3 fully saturated rings. The van der Waals surface area contributed by atoms with Gasteiger partial charge in [-0.3, -0.25) is 19.1 Å². The number of allylic oxidation sites excluding steroid dienone is 1. The first-order chi connectivity index (χ1) is 28.8. The molecule has 2 aliphatic carbocycles. The number of halogens is 1. The minimum absolute atomic E-state index is 0.0561. The number of amides is 3. The molecule has 5 atom stereocenters. The number of nitrogens with zero attached hydrogens (tertiary/aromatic N) is 3. The van der Waals surface area contributed by atoms with Crippen molar-refractivity contribution in [1.29, 1.82) is 0 Å². The number of methoxy groups -OCH3 is 1. The fourth-order valence-corrected chi connectivity index (χ4v) is 10.8. The van der Waals surface area contributed by atoms with Gasteiger partial charge in [-0.2, -0.15) is 0 Å². The lowest BCUT2D eigenvalue weighted by Gasteiger charge is -2.30. The van der Waals surface area contributed by atoms with Crippen LogP contribution in [0.5, 0.6) is 11.6 Å². The van der Waals surface area contributed by atoms with E-state index in [9.17, 15) is 22.8 Å². The Morgan fingerprint density at radius 2 is 1.88 bits per heavy atom. The van der Waals surface area contributed by atoms with Crippen molar-refractivity contribution in [3.63, 3.8) is 0 Å². The molecule has 318 valence electrons. The Kier molecular flexibility index (Phi) is 11.9. The Labute approximate surface area is 359 Å². The van der Waals surface area contributed by atoms with Crippen LogP contribution in [0, 0.1) is 12.8 Å². The Hall–Kier alpha value is -4.73. The SMILES string of the molecule is COc1ccc2c(O[C@@H]3C[C@H]4C(=O)N[C@]5(C(=O)NS(=O)(=O)C6CC6)C[C@@H]5/C=C\CCCCC[C@H](Nc5cccc(Cl)c5)C(=O)N4C3)nc(-c3nc(C(C)C)cs3)cc2c1C. The Morgan fingerprint density at radius 1 is 1.07 bits per heavy atom. The van der Waals surface area contributed by atoms with Gasteiger partial charge in [-0.25, -0.2) is 18.4 Å². The number of hydrogen-bond donors (Lipinski definition) is 3. The summed E-state index contributed by atoms with van der Waals surface area (Å²) >= 11 is 7.85. The van der Waals surface area contributed by atoms with Gasteiger partial charge < -0.3 is 25.0 Å². The molecule has 0 radical (unpaired) electrons. The van der Waals surface area contributed by atoms with E-state index in [1.54, 1.807) is 19.2 Å². The largest absolute Gasteiger partial charge is 0.496 e. The van der Waals surface area contributed by atoms with Crippen LogP contribution in [0.2, 0.25) is 5.02 Å². The normalized spacial score (nSPS) is 25.4. The number of hydrogen-bond acceptors (Lipinski definition) is 11. The lowest BCUT2D eigenvalue weighted by molar-refractivity contribution is -0.140. The number of anilines is 1. The van der Waals surface area contributed by atoms with Gasteiger partial charge in [-0.05, 0) is 98.7 Å². The standard InChI is InChI=1S/C44H51ClN6O7S2/c1-25(2)36-24-59-41(48-36)35-21-33-26(3)38(57-4)18-17-32(33)40(47-35)58-30-20-37-39(52)49-44(43(54)50-60(55,56)31-15-16-31)22-27(44)11-8-6-5-7-9-14-34(42(53)51(37)23-30)46-29-13-10-12-28(45)19-29/h8,10-13,17-19,21,24-25,27,30-31,34,37,46H,5-7,9,14-16,20,22-23H2,1-4H3,(H,49,52)(H,50,54)/b11-8-/t27-,30+,34-,37-,44+/m0/s1. The van der Waals surface area contributed by atoms with Crippen molar-refractivity contribution in [2.75, 3.05) is 19.0 Å². The highest BCUT2D eigenvalue weighted by Gasteiger charge is 2.62. The van der Waals surface area contributed by atoms with E-state index in [1.165, 1.54) is 16.2 Å². The topological polar surface area (TPSA) is 169 Å². The van der Waals surface area contributed by atoms with Gasteiger partial charge in [0.05, 0.1) is 24.6 Å². The fourth-order valence-electron chi connectivity index (χ4n) is 8.29. The molecule has 2 aliphatic heterocycles. The number of thiazole rings is 1.